The molecular formula is C17H18ClN3O6S. The minimum Gasteiger partial charge on any atom is -0.482 e. The maximum absolute atomic E-state index is 11.8. The Morgan fingerprint density at radius 3 is 2.57 bits per heavy atom. The Morgan fingerprint density at radius 2 is 1.93 bits per heavy atom. The number of carbonyl (C=O) groups excluding carboxylic acids is 1. The van der Waals surface area contributed by atoms with Gasteiger partial charge < -0.3 is 15.4 Å². The lowest BCUT2D eigenvalue weighted by atomic mass is 10.2. The van der Waals surface area contributed by atoms with Gasteiger partial charge in [-0.15, -0.1) is 0 Å². The lowest BCUT2D eigenvalue weighted by Gasteiger charge is -2.10. The number of sulfone groups is 1. The second-order valence-electron chi connectivity index (χ2n) is 5.70. The van der Waals surface area contributed by atoms with Crippen molar-refractivity contribution in [3.8, 4) is 5.75 Å². The molecule has 0 saturated heterocycles. The van der Waals surface area contributed by atoms with E-state index in [1.165, 1.54) is 12.1 Å². The molecular weight excluding hydrogens is 410 g/mol. The van der Waals surface area contributed by atoms with Crippen LogP contribution in [0.15, 0.2) is 47.4 Å². The molecule has 2 aromatic carbocycles. The van der Waals surface area contributed by atoms with Crippen molar-refractivity contribution in [3.63, 3.8) is 0 Å². The van der Waals surface area contributed by atoms with Crippen LogP contribution < -0.4 is 15.4 Å². The van der Waals surface area contributed by atoms with Gasteiger partial charge >= 0.3 is 0 Å². The van der Waals surface area contributed by atoms with Crippen LogP contribution in [-0.4, -0.2) is 45.2 Å². The summed E-state index contributed by atoms with van der Waals surface area (Å²) in [6.45, 7) is 0.138. The number of nitro benzene ring substituents is 1. The van der Waals surface area contributed by atoms with Crippen LogP contribution in [0, 0.1) is 10.1 Å². The number of para-hydroxylation sites is 1. The predicted octanol–water partition coefficient (Wildman–Crippen LogP) is 2.26. The Morgan fingerprint density at radius 1 is 1.21 bits per heavy atom. The Bertz CT molecular complexity index is 981. The number of halogens is 1. The van der Waals surface area contributed by atoms with E-state index < -0.39 is 14.8 Å². The average molecular weight is 428 g/mol. The molecule has 0 aliphatic carbocycles. The van der Waals surface area contributed by atoms with Crippen molar-refractivity contribution >= 4 is 38.7 Å². The fourth-order valence-electron chi connectivity index (χ4n) is 2.20. The van der Waals surface area contributed by atoms with Gasteiger partial charge in [0.2, 0.25) is 0 Å². The van der Waals surface area contributed by atoms with Crippen LogP contribution in [0.3, 0.4) is 0 Å². The van der Waals surface area contributed by atoms with Crippen LogP contribution in [0.4, 0.5) is 11.4 Å². The van der Waals surface area contributed by atoms with Gasteiger partial charge in [-0.05, 0) is 24.3 Å². The van der Waals surface area contributed by atoms with Gasteiger partial charge in [-0.25, -0.2) is 8.42 Å². The standard InChI is InChI=1S/C17H18ClN3O6S/c1-28(25,26)12-6-7-14(15(10-12)21(23)24)19-8-9-20-17(22)11-27-16-5-3-2-4-13(16)18/h2-7,10,19H,8-9,11H2,1H3,(H,20,22). The maximum atomic E-state index is 11.8. The highest BCUT2D eigenvalue weighted by molar-refractivity contribution is 7.90. The second-order valence-corrected chi connectivity index (χ2v) is 8.13. The third-order valence-electron chi connectivity index (χ3n) is 3.55. The number of amides is 1. The molecule has 0 aromatic heterocycles. The van der Waals surface area contributed by atoms with Gasteiger partial charge in [0.1, 0.15) is 11.4 Å². The summed E-state index contributed by atoms with van der Waals surface area (Å²) < 4.78 is 28.4. The molecule has 2 aromatic rings. The molecule has 0 spiro atoms. The van der Waals surface area contributed by atoms with E-state index in [-0.39, 0.29) is 41.9 Å². The Labute approximate surface area is 166 Å². The molecule has 11 heteroatoms. The number of hydrogen-bond donors (Lipinski definition) is 2. The molecule has 0 aliphatic heterocycles. The zero-order valence-electron chi connectivity index (χ0n) is 14.8. The van der Waals surface area contributed by atoms with Crippen molar-refractivity contribution in [2.24, 2.45) is 0 Å². The topological polar surface area (TPSA) is 128 Å². The third-order valence-corrected chi connectivity index (χ3v) is 4.97. The molecule has 0 atom stereocenters. The van der Waals surface area contributed by atoms with Crippen molar-refractivity contribution in [2.45, 2.75) is 4.90 Å². The Balaban J connectivity index is 1.85. The van der Waals surface area contributed by atoms with E-state index in [0.29, 0.717) is 10.8 Å². The zero-order valence-corrected chi connectivity index (χ0v) is 16.4. The number of ether oxygens (including phenoxy) is 1. The van der Waals surface area contributed by atoms with E-state index in [1.54, 1.807) is 24.3 Å². The first-order valence-corrected chi connectivity index (χ1v) is 10.3. The minimum atomic E-state index is -3.56. The first-order valence-electron chi connectivity index (χ1n) is 8.05. The summed E-state index contributed by atoms with van der Waals surface area (Å²) in [7, 11) is -3.56. The molecule has 2 rings (SSSR count). The average Bonchev–Trinajstić information content (AvgIpc) is 2.63. The fraction of sp³-hybridized carbons (Fsp3) is 0.235. The molecule has 28 heavy (non-hydrogen) atoms. The van der Waals surface area contributed by atoms with E-state index >= 15 is 0 Å². The largest absolute Gasteiger partial charge is 0.482 e. The molecule has 0 fully saturated rings. The van der Waals surface area contributed by atoms with Crippen LogP contribution in [0.1, 0.15) is 0 Å². The molecule has 9 nitrogen and oxygen atoms in total. The predicted molar refractivity (Wildman–Crippen MR) is 105 cm³/mol. The van der Waals surface area contributed by atoms with Crippen molar-refractivity contribution in [1.29, 1.82) is 0 Å². The first kappa shape index (κ1) is 21.5. The molecule has 0 radical (unpaired) electrons. The van der Waals surface area contributed by atoms with E-state index in [4.69, 9.17) is 16.3 Å². The highest BCUT2D eigenvalue weighted by Gasteiger charge is 2.18. The summed E-state index contributed by atoms with van der Waals surface area (Å²) in [6, 6.07) is 10.3. The summed E-state index contributed by atoms with van der Waals surface area (Å²) in [5.41, 5.74) is -0.213. The first-order chi connectivity index (χ1) is 13.2. The monoisotopic (exact) mass is 427 g/mol. The van der Waals surface area contributed by atoms with E-state index in [0.717, 1.165) is 12.3 Å². The quantitative estimate of drug-likeness (QED) is 0.357. The molecule has 0 bridgehead atoms. The minimum absolute atomic E-state index is 0.144. The van der Waals surface area contributed by atoms with Crippen LogP contribution in [0.5, 0.6) is 5.75 Å². The van der Waals surface area contributed by atoms with Crippen LogP contribution in [0.25, 0.3) is 0 Å². The van der Waals surface area contributed by atoms with Crippen molar-refractivity contribution in [3.05, 3.63) is 57.6 Å². The van der Waals surface area contributed by atoms with Crippen molar-refractivity contribution in [1.82, 2.24) is 5.32 Å². The van der Waals surface area contributed by atoms with Crippen LogP contribution in [0.2, 0.25) is 5.02 Å². The third kappa shape index (κ3) is 6.10. The van der Waals surface area contributed by atoms with Gasteiger partial charge in [-0.1, -0.05) is 23.7 Å². The van der Waals surface area contributed by atoms with Crippen molar-refractivity contribution in [2.75, 3.05) is 31.3 Å². The number of hydrogen-bond acceptors (Lipinski definition) is 7. The second kappa shape index (κ2) is 9.38. The summed E-state index contributed by atoms with van der Waals surface area (Å²) >= 11 is 5.92. The van der Waals surface area contributed by atoms with Gasteiger partial charge in [0.05, 0.1) is 14.8 Å². The number of nitrogens with one attached hydrogen (secondary N) is 2. The number of nitrogens with zero attached hydrogens (tertiary/aromatic N) is 1. The lowest BCUT2D eigenvalue weighted by Crippen LogP contribution is -2.32. The maximum Gasteiger partial charge on any atom is 0.293 e. The Kier molecular flexibility index (Phi) is 7.18. The molecule has 0 heterocycles. The fourth-order valence-corrected chi connectivity index (χ4v) is 3.03. The lowest BCUT2D eigenvalue weighted by molar-refractivity contribution is -0.384. The SMILES string of the molecule is CS(=O)(=O)c1ccc(NCCNC(=O)COc2ccccc2Cl)c([N+](=O)[O-])c1. The van der Waals surface area contributed by atoms with Gasteiger partial charge in [-0.2, -0.15) is 0 Å². The molecule has 0 aliphatic rings. The molecule has 150 valence electrons. The smallest absolute Gasteiger partial charge is 0.293 e. The van der Waals surface area contributed by atoms with Crippen LogP contribution >= 0.6 is 11.6 Å². The van der Waals surface area contributed by atoms with Crippen molar-refractivity contribution < 1.29 is 22.9 Å². The van der Waals surface area contributed by atoms with E-state index in [2.05, 4.69) is 10.6 Å². The van der Waals surface area contributed by atoms with Gasteiger partial charge in [0.15, 0.2) is 16.4 Å². The normalized spacial score (nSPS) is 10.9. The number of carbonyl (C=O) groups is 1. The van der Waals surface area contributed by atoms with Gasteiger partial charge in [0.25, 0.3) is 11.6 Å². The molecule has 1 amide bonds. The number of benzene rings is 2. The van der Waals surface area contributed by atoms with Gasteiger partial charge in [0, 0.05) is 25.4 Å². The summed E-state index contributed by atoms with van der Waals surface area (Å²) in [6.07, 6.45) is 0.972. The number of rotatable bonds is 9. The molecule has 0 unspecified atom stereocenters. The Hall–Kier alpha value is -2.85. The number of nitro groups is 1. The van der Waals surface area contributed by atoms with Crippen LogP contribution in [-0.2, 0) is 14.6 Å². The van der Waals surface area contributed by atoms with E-state index in [9.17, 15) is 23.3 Å². The molecule has 2 N–H and O–H groups in total. The highest BCUT2D eigenvalue weighted by Crippen LogP contribution is 2.27. The summed E-state index contributed by atoms with van der Waals surface area (Å²) in [5.74, 6) is 0.00248. The summed E-state index contributed by atoms with van der Waals surface area (Å²) in [5, 5.41) is 16.9. The summed E-state index contributed by atoms with van der Waals surface area (Å²) in [4.78, 5) is 22.1. The number of anilines is 1. The molecule has 0 saturated carbocycles. The van der Waals surface area contributed by atoms with Gasteiger partial charge in [-0.3, -0.25) is 14.9 Å². The van der Waals surface area contributed by atoms with E-state index in [1.807, 2.05) is 0 Å². The zero-order chi connectivity index (χ0) is 20.7. The highest BCUT2D eigenvalue weighted by atomic mass is 35.5.